The molecule has 0 atom stereocenters. The molecule has 0 saturated heterocycles. The molecule has 2 aromatic carbocycles. The summed E-state index contributed by atoms with van der Waals surface area (Å²) in [5.74, 6) is 1.03. The van der Waals surface area contributed by atoms with Crippen molar-refractivity contribution in [1.29, 1.82) is 5.26 Å². The van der Waals surface area contributed by atoms with E-state index in [0.29, 0.717) is 32.1 Å². The number of allylic oxidation sites excluding steroid dienone is 1. The molecule has 0 aliphatic heterocycles. The molecule has 136 valence electrons. The average molecular weight is 452 g/mol. The normalized spacial score (nSPS) is 11.5. The zero-order valence-electron chi connectivity index (χ0n) is 14.1. The highest BCUT2D eigenvalue weighted by Crippen LogP contribution is 2.34. The zero-order valence-corrected chi connectivity index (χ0v) is 16.5. The molecule has 4 aromatic rings. The molecule has 0 aliphatic rings. The lowest BCUT2D eigenvalue weighted by Crippen LogP contribution is -1.88. The molecule has 0 unspecified atom stereocenters. The summed E-state index contributed by atoms with van der Waals surface area (Å²) in [4.78, 5) is 14.9. The number of halogens is 1. The number of furan rings is 1. The van der Waals surface area contributed by atoms with Gasteiger partial charge in [0.1, 0.15) is 22.6 Å². The fraction of sp³-hybridized carbons (Fsp3) is 0. The topological polar surface area (TPSA) is 93.0 Å². The molecule has 6 nitrogen and oxygen atoms in total. The van der Waals surface area contributed by atoms with Gasteiger partial charge in [0.25, 0.3) is 5.69 Å². The van der Waals surface area contributed by atoms with Gasteiger partial charge in [-0.05, 0) is 46.3 Å². The van der Waals surface area contributed by atoms with Gasteiger partial charge in [-0.1, -0.05) is 12.1 Å². The molecule has 0 radical (unpaired) electrons. The van der Waals surface area contributed by atoms with Crippen LogP contribution < -0.4 is 0 Å². The molecule has 0 spiro atoms. The second kappa shape index (κ2) is 7.38. The van der Waals surface area contributed by atoms with Crippen molar-refractivity contribution in [3.8, 4) is 17.4 Å². The van der Waals surface area contributed by atoms with Crippen LogP contribution in [0.15, 0.2) is 63.5 Å². The number of thiazole rings is 1. The van der Waals surface area contributed by atoms with Crippen molar-refractivity contribution in [3.05, 3.63) is 80.0 Å². The van der Waals surface area contributed by atoms with Crippen LogP contribution >= 0.6 is 27.3 Å². The van der Waals surface area contributed by atoms with E-state index in [1.807, 2.05) is 24.3 Å². The van der Waals surface area contributed by atoms with Crippen LogP contribution in [0.25, 0.3) is 33.2 Å². The summed E-state index contributed by atoms with van der Waals surface area (Å²) in [7, 11) is 0. The van der Waals surface area contributed by atoms with Gasteiger partial charge in [-0.2, -0.15) is 5.26 Å². The third-order valence-corrected chi connectivity index (χ3v) is 5.71. The molecule has 0 aliphatic carbocycles. The Morgan fingerprint density at radius 3 is 2.79 bits per heavy atom. The maximum atomic E-state index is 10.9. The molecular weight excluding hydrogens is 442 g/mol. The summed E-state index contributed by atoms with van der Waals surface area (Å²) >= 11 is 4.79. The van der Waals surface area contributed by atoms with Crippen molar-refractivity contribution >= 4 is 54.8 Å². The molecular formula is C20H10BrN3O3S. The van der Waals surface area contributed by atoms with Crippen LogP contribution in [-0.4, -0.2) is 9.91 Å². The Bertz CT molecular complexity index is 1250. The number of benzene rings is 2. The van der Waals surface area contributed by atoms with Crippen molar-refractivity contribution < 1.29 is 9.34 Å². The summed E-state index contributed by atoms with van der Waals surface area (Å²) in [6.07, 6.45) is 1.64. The van der Waals surface area contributed by atoms with E-state index < -0.39 is 4.92 Å². The first-order chi connectivity index (χ1) is 13.5. The van der Waals surface area contributed by atoms with Crippen LogP contribution in [0, 0.1) is 21.4 Å². The first-order valence-corrected chi connectivity index (χ1v) is 9.68. The van der Waals surface area contributed by atoms with E-state index in [9.17, 15) is 15.4 Å². The summed E-state index contributed by atoms with van der Waals surface area (Å²) in [6, 6.07) is 17.8. The van der Waals surface area contributed by atoms with Crippen molar-refractivity contribution in [1.82, 2.24) is 4.98 Å². The molecule has 4 rings (SSSR count). The van der Waals surface area contributed by atoms with Gasteiger partial charge < -0.3 is 4.42 Å². The number of nitriles is 1. The largest absolute Gasteiger partial charge is 0.457 e. The van der Waals surface area contributed by atoms with E-state index in [0.717, 1.165) is 10.2 Å². The number of non-ortho nitro benzene ring substituents is 1. The Morgan fingerprint density at radius 2 is 2.07 bits per heavy atom. The lowest BCUT2D eigenvalue weighted by Gasteiger charge is -2.01. The number of nitro groups is 1. The monoisotopic (exact) mass is 451 g/mol. The number of fused-ring (bicyclic) bond motifs is 1. The predicted octanol–water partition coefficient (Wildman–Crippen LogP) is 6.29. The third kappa shape index (κ3) is 3.45. The number of rotatable bonds is 4. The van der Waals surface area contributed by atoms with Gasteiger partial charge >= 0.3 is 0 Å². The van der Waals surface area contributed by atoms with Gasteiger partial charge in [0.05, 0.1) is 20.7 Å². The summed E-state index contributed by atoms with van der Waals surface area (Å²) in [6.45, 7) is 0. The second-order valence-electron chi connectivity index (χ2n) is 5.78. The van der Waals surface area contributed by atoms with Crippen molar-refractivity contribution in [2.45, 2.75) is 0 Å². The highest BCUT2D eigenvalue weighted by Gasteiger charge is 2.14. The van der Waals surface area contributed by atoms with E-state index >= 15 is 0 Å². The molecule has 0 fully saturated rings. The lowest BCUT2D eigenvalue weighted by molar-refractivity contribution is -0.384. The van der Waals surface area contributed by atoms with E-state index in [4.69, 9.17) is 4.42 Å². The smallest absolute Gasteiger partial charge is 0.270 e. The van der Waals surface area contributed by atoms with Crippen LogP contribution in [0.3, 0.4) is 0 Å². The molecule has 0 saturated carbocycles. The number of nitro benzene ring substituents is 1. The van der Waals surface area contributed by atoms with E-state index in [1.54, 1.807) is 24.3 Å². The van der Waals surface area contributed by atoms with Gasteiger partial charge in [0, 0.05) is 28.2 Å². The maximum absolute atomic E-state index is 10.9. The van der Waals surface area contributed by atoms with Crippen LogP contribution in [0.2, 0.25) is 0 Å². The highest BCUT2D eigenvalue weighted by atomic mass is 79.9. The molecule has 0 N–H and O–H groups in total. The van der Waals surface area contributed by atoms with E-state index in [-0.39, 0.29) is 5.69 Å². The van der Waals surface area contributed by atoms with E-state index in [1.165, 1.54) is 23.5 Å². The molecule has 8 heteroatoms. The van der Waals surface area contributed by atoms with Crippen molar-refractivity contribution in [3.63, 3.8) is 0 Å². The Morgan fingerprint density at radius 1 is 1.25 bits per heavy atom. The predicted molar refractivity (Wildman–Crippen MR) is 112 cm³/mol. The summed E-state index contributed by atoms with van der Waals surface area (Å²) in [5, 5.41) is 21.1. The number of aromatic nitrogens is 1. The maximum Gasteiger partial charge on any atom is 0.270 e. The molecule has 2 aromatic heterocycles. The minimum absolute atomic E-state index is 0.00935. The Kier molecular flexibility index (Phi) is 4.77. The second-order valence-corrected chi connectivity index (χ2v) is 7.66. The summed E-state index contributed by atoms with van der Waals surface area (Å²) in [5.41, 5.74) is 1.93. The van der Waals surface area contributed by atoms with Crippen molar-refractivity contribution in [2.75, 3.05) is 0 Å². The van der Waals surface area contributed by atoms with Gasteiger partial charge in [-0.25, -0.2) is 4.98 Å². The number of nitrogens with zero attached hydrogens (tertiary/aromatic N) is 3. The minimum Gasteiger partial charge on any atom is -0.457 e. The zero-order chi connectivity index (χ0) is 19.7. The first-order valence-electron chi connectivity index (χ1n) is 8.07. The Balaban J connectivity index is 1.68. The quantitative estimate of drug-likeness (QED) is 0.206. The van der Waals surface area contributed by atoms with Gasteiger partial charge in [-0.15, -0.1) is 11.3 Å². The van der Waals surface area contributed by atoms with Crippen LogP contribution in [0.1, 0.15) is 10.8 Å². The van der Waals surface area contributed by atoms with Crippen LogP contribution in [0.4, 0.5) is 5.69 Å². The van der Waals surface area contributed by atoms with Crippen LogP contribution in [0.5, 0.6) is 0 Å². The standard InChI is InChI=1S/C20H10BrN3O3S/c21-16-10-13(24(25)26)5-7-15(16)18-8-6-14(27-18)9-12(11-22)20-23-17-3-1-2-4-19(17)28-20/h1-10H. The number of hydrogen-bond donors (Lipinski definition) is 0. The third-order valence-electron chi connectivity index (χ3n) is 3.99. The Labute approximate surface area is 171 Å². The number of para-hydroxylation sites is 1. The molecule has 0 bridgehead atoms. The molecule has 0 amide bonds. The van der Waals surface area contributed by atoms with Crippen molar-refractivity contribution in [2.24, 2.45) is 0 Å². The van der Waals surface area contributed by atoms with E-state index in [2.05, 4.69) is 27.0 Å². The SMILES string of the molecule is N#CC(=Cc1ccc(-c2ccc([N+](=O)[O-])cc2Br)o1)c1nc2ccccc2s1. The summed E-state index contributed by atoms with van der Waals surface area (Å²) < 4.78 is 7.39. The van der Waals surface area contributed by atoms with Gasteiger partial charge in [0.15, 0.2) is 0 Å². The molecule has 2 heterocycles. The highest BCUT2D eigenvalue weighted by molar-refractivity contribution is 9.10. The van der Waals surface area contributed by atoms with Gasteiger partial charge in [-0.3, -0.25) is 10.1 Å². The molecule has 28 heavy (non-hydrogen) atoms. The Hall–Kier alpha value is -3.28. The fourth-order valence-electron chi connectivity index (χ4n) is 2.66. The lowest BCUT2D eigenvalue weighted by atomic mass is 10.1. The fourth-order valence-corrected chi connectivity index (χ4v) is 4.16. The average Bonchev–Trinajstić information content (AvgIpc) is 3.32. The minimum atomic E-state index is -0.456. The van der Waals surface area contributed by atoms with Gasteiger partial charge in [0.2, 0.25) is 0 Å². The number of hydrogen-bond acceptors (Lipinski definition) is 6. The first kappa shape index (κ1) is 18.1. The van der Waals surface area contributed by atoms with Crippen LogP contribution in [-0.2, 0) is 0 Å².